The van der Waals surface area contributed by atoms with E-state index in [9.17, 15) is 4.79 Å². The molecular formula is C20H18N2O2S. The molecule has 1 aromatic carbocycles. The number of hydrogen-bond acceptors (Lipinski definition) is 4. The molecule has 0 radical (unpaired) electrons. The molecule has 1 aliphatic rings. The smallest absolute Gasteiger partial charge is 0.189 e. The second-order valence-electron chi connectivity index (χ2n) is 6.02. The van der Waals surface area contributed by atoms with E-state index in [4.69, 9.17) is 4.74 Å². The van der Waals surface area contributed by atoms with Crippen LogP contribution in [0.15, 0.2) is 59.3 Å². The molecular weight excluding hydrogens is 332 g/mol. The topological polar surface area (TPSA) is 44.1 Å². The van der Waals surface area contributed by atoms with Gasteiger partial charge in [0.25, 0.3) is 0 Å². The average Bonchev–Trinajstić information content (AvgIpc) is 3.31. The number of Topliss-reactive ketones (excluding diaryl/α,β-unsaturated/α-hetero) is 1. The van der Waals surface area contributed by atoms with Gasteiger partial charge < -0.3 is 9.30 Å². The van der Waals surface area contributed by atoms with E-state index in [1.165, 1.54) is 0 Å². The molecule has 0 atom stereocenters. The highest BCUT2D eigenvalue weighted by Gasteiger charge is 2.22. The van der Waals surface area contributed by atoms with Crippen molar-refractivity contribution < 1.29 is 9.53 Å². The molecule has 2 aromatic heterocycles. The van der Waals surface area contributed by atoms with Crippen LogP contribution in [0.5, 0.6) is 5.75 Å². The molecule has 0 aliphatic heterocycles. The first kappa shape index (κ1) is 15.8. The number of imidazole rings is 1. The molecule has 2 heterocycles. The van der Waals surface area contributed by atoms with E-state index < -0.39 is 0 Å². The number of thiophene rings is 1. The Kier molecular flexibility index (Phi) is 4.48. The van der Waals surface area contributed by atoms with Gasteiger partial charge in [-0.05, 0) is 65.1 Å². The van der Waals surface area contributed by atoms with Crippen molar-refractivity contribution in [2.24, 2.45) is 0 Å². The van der Waals surface area contributed by atoms with Gasteiger partial charge >= 0.3 is 0 Å². The van der Waals surface area contributed by atoms with Crippen LogP contribution in [-0.4, -0.2) is 21.9 Å². The molecule has 0 bridgehead atoms. The zero-order valence-corrected chi connectivity index (χ0v) is 14.5. The standard InChI is InChI=1S/C20H18N2O2S/c23-20-17(11-15-5-10-25-13-15)2-1-16-12-18(3-4-19(16)20)24-9-8-22-7-6-21-14-22/h3-7,10-14H,1-2,8-9H2. The second kappa shape index (κ2) is 7.07. The number of aromatic nitrogens is 2. The third-order valence-corrected chi connectivity index (χ3v) is 5.04. The minimum absolute atomic E-state index is 0.136. The van der Waals surface area contributed by atoms with Crippen molar-refractivity contribution in [3.8, 4) is 5.75 Å². The normalized spacial score (nSPS) is 15.4. The second-order valence-corrected chi connectivity index (χ2v) is 6.80. The van der Waals surface area contributed by atoms with Crippen molar-refractivity contribution in [2.45, 2.75) is 19.4 Å². The molecule has 5 heteroatoms. The van der Waals surface area contributed by atoms with E-state index in [1.807, 2.05) is 46.5 Å². The Morgan fingerprint density at radius 2 is 2.24 bits per heavy atom. The fraction of sp³-hybridized carbons (Fsp3) is 0.200. The summed E-state index contributed by atoms with van der Waals surface area (Å²) in [5, 5.41) is 4.09. The van der Waals surface area contributed by atoms with Crippen LogP contribution in [-0.2, 0) is 13.0 Å². The van der Waals surface area contributed by atoms with Crippen LogP contribution in [0.3, 0.4) is 0 Å². The van der Waals surface area contributed by atoms with Gasteiger partial charge in [-0.25, -0.2) is 4.98 Å². The minimum atomic E-state index is 0.136. The quantitative estimate of drug-likeness (QED) is 0.647. The van der Waals surface area contributed by atoms with Gasteiger partial charge in [0.1, 0.15) is 12.4 Å². The minimum Gasteiger partial charge on any atom is -0.492 e. The summed E-state index contributed by atoms with van der Waals surface area (Å²) >= 11 is 1.65. The maximum absolute atomic E-state index is 12.7. The van der Waals surface area contributed by atoms with Crippen molar-refractivity contribution >= 4 is 23.2 Å². The molecule has 0 unspecified atom stereocenters. The van der Waals surface area contributed by atoms with Gasteiger partial charge in [-0.15, -0.1) is 0 Å². The van der Waals surface area contributed by atoms with Crippen LogP contribution < -0.4 is 4.74 Å². The molecule has 1 aliphatic carbocycles. The predicted molar refractivity (Wildman–Crippen MR) is 99.1 cm³/mol. The molecule has 0 fully saturated rings. The Balaban J connectivity index is 1.46. The number of benzene rings is 1. The molecule has 4 rings (SSSR count). The lowest BCUT2D eigenvalue weighted by Gasteiger charge is -2.18. The summed E-state index contributed by atoms with van der Waals surface area (Å²) in [6.45, 7) is 1.33. The third-order valence-electron chi connectivity index (χ3n) is 4.34. The first-order chi connectivity index (χ1) is 12.3. The Labute approximate surface area is 150 Å². The van der Waals surface area contributed by atoms with E-state index >= 15 is 0 Å². The lowest BCUT2D eigenvalue weighted by molar-refractivity contribution is 0.102. The number of fused-ring (bicyclic) bond motifs is 1. The summed E-state index contributed by atoms with van der Waals surface area (Å²) in [7, 11) is 0. The van der Waals surface area contributed by atoms with Gasteiger partial charge in [-0.1, -0.05) is 0 Å². The van der Waals surface area contributed by atoms with E-state index in [2.05, 4.69) is 10.4 Å². The van der Waals surface area contributed by atoms with Gasteiger partial charge in [0.2, 0.25) is 0 Å². The Morgan fingerprint density at radius 3 is 3.04 bits per heavy atom. The summed E-state index contributed by atoms with van der Waals surface area (Å²) in [4.78, 5) is 16.7. The molecule has 4 nitrogen and oxygen atoms in total. The number of ketones is 1. The molecule has 25 heavy (non-hydrogen) atoms. The number of carbonyl (C=O) groups is 1. The van der Waals surface area contributed by atoms with Gasteiger partial charge in [-0.2, -0.15) is 11.3 Å². The SMILES string of the molecule is O=C1C(=Cc2ccsc2)CCc2cc(OCCn3ccnc3)ccc21. The van der Waals surface area contributed by atoms with Crippen LogP contribution in [0.2, 0.25) is 0 Å². The van der Waals surface area contributed by atoms with Gasteiger partial charge in [-0.3, -0.25) is 4.79 Å². The summed E-state index contributed by atoms with van der Waals surface area (Å²) in [6, 6.07) is 7.82. The van der Waals surface area contributed by atoms with Crippen molar-refractivity contribution in [1.29, 1.82) is 0 Å². The van der Waals surface area contributed by atoms with Crippen LogP contribution in [0, 0.1) is 0 Å². The number of hydrogen-bond donors (Lipinski definition) is 0. The van der Waals surface area contributed by atoms with E-state index in [-0.39, 0.29) is 5.78 Å². The van der Waals surface area contributed by atoms with E-state index in [1.54, 1.807) is 23.9 Å². The zero-order valence-electron chi connectivity index (χ0n) is 13.7. The third kappa shape index (κ3) is 3.56. The largest absolute Gasteiger partial charge is 0.492 e. The number of ether oxygens (including phenoxy) is 1. The summed E-state index contributed by atoms with van der Waals surface area (Å²) in [5.41, 5.74) is 3.87. The zero-order chi connectivity index (χ0) is 17.1. The fourth-order valence-corrected chi connectivity index (χ4v) is 3.65. The molecule has 0 spiro atoms. The first-order valence-corrected chi connectivity index (χ1v) is 9.23. The number of aryl methyl sites for hydroxylation is 1. The molecule has 0 N–H and O–H groups in total. The number of allylic oxidation sites excluding steroid dienone is 1. The van der Waals surface area contributed by atoms with Gasteiger partial charge in [0, 0.05) is 23.5 Å². The summed E-state index contributed by atoms with van der Waals surface area (Å²) < 4.78 is 7.80. The Hall–Kier alpha value is -2.66. The highest BCUT2D eigenvalue weighted by atomic mass is 32.1. The number of carbonyl (C=O) groups excluding carboxylic acids is 1. The van der Waals surface area contributed by atoms with Crippen molar-refractivity contribution in [3.63, 3.8) is 0 Å². The van der Waals surface area contributed by atoms with Crippen LogP contribution in [0.25, 0.3) is 6.08 Å². The predicted octanol–water partition coefficient (Wildman–Crippen LogP) is 4.24. The average molecular weight is 350 g/mol. The maximum atomic E-state index is 12.7. The Bertz CT molecular complexity index is 896. The molecule has 3 aromatic rings. The van der Waals surface area contributed by atoms with Crippen molar-refractivity contribution in [3.05, 3.63) is 76.0 Å². The number of nitrogens with zero attached hydrogens (tertiary/aromatic N) is 2. The monoisotopic (exact) mass is 350 g/mol. The maximum Gasteiger partial charge on any atom is 0.189 e. The van der Waals surface area contributed by atoms with E-state index in [0.29, 0.717) is 6.61 Å². The fourth-order valence-electron chi connectivity index (χ4n) is 3.03. The molecule has 126 valence electrons. The van der Waals surface area contributed by atoms with Crippen LogP contribution in [0.1, 0.15) is 27.9 Å². The highest BCUT2D eigenvalue weighted by molar-refractivity contribution is 7.08. The summed E-state index contributed by atoms with van der Waals surface area (Å²) in [5.74, 6) is 0.953. The Morgan fingerprint density at radius 1 is 1.28 bits per heavy atom. The summed E-state index contributed by atoms with van der Waals surface area (Å²) in [6.07, 6.45) is 9.10. The molecule has 0 saturated carbocycles. The number of rotatable bonds is 5. The lowest BCUT2D eigenvalue weighted by atomic mass is 9.86. The van der Waals surface area contributed by atoms with Crippen molar-refractivity contribution in [1.82, 2.24) is 9.55 Å². The molecule has 0 saturated heterocycles. The van der Waals surface area contributed by atoms with Crippen LogP contribution >= 0.6 is 11.3 Å². The van der Waals surface area contributed by atoms with Crippen molar-refractivity contribution in [2.75, 3.05) is 6.61 Å². The van der Waals surface area contributed by atoms with Gasteiger partial charge in [0.05, 0.1) is 12.9 Å². The van der Waals surface area contributed by atoms with Gasteiger partial charge in [0.15, 0.2) is 5.78 Å². The van der Waals surface area contributed by atoms with Crippen LogP contribution in [0.4, 0.5) is 0 Å². The molecule has 0 amide bonds. The van der Waals surface area contributed by atoms with E-state index in [0.717, 1.165) is 47.4 Å². The first-order valence-electron chi connectivity index (χ1n) is 8.28. The lowest BCUT2D eigenvalue weighted by Crippen LogP contribution is -2.14. The highest BCUT2D eigenvalue weighted by Crippen LogP contribution is 2.29.